The van der Waals surface area contributed by atoms with Gasteiger partial charge in [0.15, 0.2) is 0 Å². The number of carbonyl (C=O) groups is 1. The van der Waals surface area contributed by atoms with E-state index in [9.17, 15) is 13.2 Å². The van der Waals surface area contributed by atoms with Gasteiger partial charge in [0.05, 0.1) is 7.11 Å². The molecule has 0 unspecified atom stereocenters. The van der Waals surface area contributed by atoms with Gasteiger partial charge in [-0.05, 0) is 49.7 Å². The lowest BCUT2D eigenvalue weighted by Crippen LogP contribution is -2.53. The third kappa shape index (κ3) is 4.54. The number of aryl methyl sites for hydroxylation is 1. The van der Waals surface area contributed by atoms with Crippen molar-refractivity contribution < 1.29 is 17.9 Å². The first-order valence-electron chi connectivity index (χ1n) is 9.51. The van der Waals surface area contributed by atoms with Gasteiger partial charge in [-0.15, -0.1) is 0 Å². The van der Waals surface area contributed by atoms with Gasteiger partial charge in [0.2, 0.25) is 15.9 Å². The molecule has 1 saturated heterocycles. The molecule has 3 rings (SSSR count). The second-order valence-corrected chi connectivity index (χ2v) is 9.20. The lowest BCUT2D eigenvalue weighted by molar-refractivity contribution is -0.114. The number of nitrogens with zero attached hydrogens (tertiary/aromatic N) is 2. The Morgan fingerprint density at radius 3 is 2.55 bits per heavy atom. The number of rotatable bonds is 5. The number of hydrogen-bond donors (Lipinski definition) is 1. The zero-order valence-corrected chi connectivity index (χ0v) is 18.0. The van der Waals surface area contributed by atoms with Crippen LogP contribution in [-0.4, -0.2) is 51.4 Å². The number of methoxy groups -OCH3 is 1. The number of anilines is 2. The Kier molecular flexibility index (Phi) is 6.14. The molecule has 0 spiro atoms. The van der Waals surface area contributed by atoms with Crippen molar-refractivity contribution in [2.75, 3.05) is 37.0 Å². The SMILES string of the molecule is COc1ccc(NC(C)=O)cc1S(=O)(=O)N1CCN(c2cccc(C)c2)[C@H](C)C1. The highest BCUT2D eigenvalue weighted by Gasteiger charge is 2.34. The highest BCUT2D eigenvalue weighted by atomic mass is 32.2. The van der Waals surface area contributed by atoms with Crippen LogP contribution in [0.1, 0.15) is 19.4 Å². The van der Waals surface area contributed by atoms with E-state index in [4.69, 9.17) is 4.74 Å². The van der Waals surface area contributed by atoms with Crippen LogP contribution in [0.3, 0.4) is 0 Å². The van der Waals surface area contributed by atoms with Crippen molar-refractivity contribution in [1.82, 2.24) is 4.31 Å². The molecule has 0 bridgehead atoms. The van der Waals surface area contributed by atoms with Crippen molar-refractivity contribution in [2.45, 2.75) is 31.7 Å². The molecule has 29 heavy (non-hydrogen) atoms. The van der Waals surface area contributed by atoms with Gasteiger partial charge in [0.25, 0.3) is 0 Å². The average Bonchev–Trinajstić information content (AvgIpc) is 2.67. The van der Waals surface area contributed by atoms with Gasteiger partial charge in [-0.2, -0.15) is 4.31 Å². The predicted molar refractivity (Wildman–Crippen MR) is 114 cm³/mol. The zero-order chi connectivity index (χ0) is 21.2. The highest BCUT2D eigenvalue weighted by molar-refractivity contribution is 7.89. The van der Waals surface area contributed by atoms with Crippen LogP contribution >= 0.6 is 0 Å². The molecule has 1 heterocycles. The Morgan fingerprint density at radius 1 is 1.17 bits per heavy atom. The van der Waals surface area contributed by atoms with Crippen LogP contribution < -0.4 is 15.0 Å². The minimum absolute atomic E-state index is 0.0184. The van der Waals surface area contributed by atoms with Crippen molar-refractivity contribution in [3.05, 3.63) is 48.0 Å². The smallest absolute Gasteiger partial charge is 0.246 e. The predicted octanol–water partition coefficient (Wildman–Crippen LogP) is 2.86. The molecule has 0 radical (unpaired) electrons. The fourth-order valence-corrected chi connectivity index (χ4v) is 5.32. The molecule has 0 aromatic heterocycles. The second kappa shape index (κ2) is 8.42. The molecule has 1 aliphatic rings. The number of amides is 1. The summed E-state index contributed by atoms with van der Waals surface area (Å²) in [6, 6.07) is 12.9. The summed E-state index contributed by atoms with van der Waals surface area (Å²) in [5.74, 6) is -0.00762. The van der Waals surface area contributed by atoms with E-state index in [1.807, 2.05) is 32.0 Å². The normalized spacial score (nSPS) is 17.8. The van der Waals surface area contributed by atoms with Gasteiger partial charge < -0.3 is 15.0 Å². The summed E-state index contributed by atoms with van der Waals surface area (Å²) < 4.78 is 33.5. The second-order valence-electron chi connectivity index (χ2n) is 7.29. The van der Waals surface area contributed by atoms with Crippen molar-refractivity contribution >= 4 is 27.3 Å². The largest absolute Gasteiger partial charge is 0.495 e. The third-order valence-electron chi connectivity index (χ3n) is 5.03. The standard InChI is InChI=1S/C21H27N3O4S/c1-15-6-5-7-19(12-15)24-11-10-23(14-16(24)2)29(26,27)21-13-18(22-17(3)25)8-9-20(21)28-4/h5-9,12-13,16H,10-11,14H2,1-4H3,(H,22,25)/t16-/m1/s1. The van der Waals surface area contributed by atoms with Crippen molar-refractivity contribution in [2.24, 2.45) is 0 Å². The van der Waals surface area contributed by atoms with Gasteiger partial charge >= 0.3 is 0 Å². The molecule has 7 nitrogen and oxygen atoms in total. The van der Waals surface area contributed by atoms with Crippen LogP contribution in [0.5, 0.6) is 5.75 Å². The maximum atomic E-state index is 13.4. The van der Waals surface area contributed by atoms with E-state index in [1.165, 1.54) is 30.0 Å². The highest BCUT2D eigenvalue weighted by Crippen LogP contribution is 2.32. The van der Waals surface area contributed by atoms with Crippen molar-refractivity contribution in [3.8, 4) is 5.75 Å². The van der Waals surface area contributed by atoms with E-state index >= 15 is 0 Å². The molecule has 0 aliphatic carbocycles. The van der Waals surface area contributed by atoms with Gasteiger partial charge in [-0.1, -0.05) is 12.1 Å². The number of carbonyl (C=O) groups excluding carboxylic acids is 1. The lowest BCUT2D eigenvalue weighted by atomic mass is 10.1. The van der Waals surface area contributed by atoms with E-state index in [2.05, 4.69) is 16.3 Å². The Balaban J connectivity index is 1.86. The number of nitrogens with one attached hydrogen (secondary N) is 1. The first-order chi connectivity index (χ1) is 13.7. The Hall–Kier alpha value is -2.58. The van der Waals surface area contributed by atoms with E-state index in [1.54, 1.807) is 12.1 Å². The maximum absolute atomic E-state index is 13.4. The molecule has 156 valence electrons. The fraction of sp³-hybridized carbons (Fsp3) is 0.381. The number of sulfonamides is 1. The molecule has 1 N–H and O–H groups in total. The van der Waals surface area contributed by atoms with Crippen LogP contribution in [0.25, 0.3) is 0 Å². The Bertz CT molecular complexity index is 1010. The maximum Gasteiger partial charge on any atom is 0.246 e. The molecular formula is C21H27N3O4S. The minimum Gasteiger partial charge on any atom is -0.495 e. The molecule has 2 aromatic rings. The van der Waals surface area contributed by atoms with Crippen molar-refractivity contribution in [3.63, 3.8) is 0 Å². The number of piperazine rings is 1. The molecule has 0 saturated carbocycles. The fourth-order valence-electron chi connectivity index (χ4n) is 3.63. The first kappa shape index (κ1) is 21.1. The molecule has 2 aromatic carbocycles. The van der Waals surface area contributed by atoms with Crippen LogP contribution in [0.15, 0.2) is 47.4 Å². The number of ether oxygens (including phenoxy) is 1. The summed E-state index contributed by atoms with van der Waals surface area (Å²) in [7, 11) is -2.34. The average molecular weight is 418 g/mol. The molecule has 1 fully saturated rings. The summed E-state index contributed by atoms with van der Waals surface area (Å²) in [5, 5.41) is 2.63. The van der Waals surface area contributed by atoms with Gasteiger partial charge in [-0.25, -0.2) is 8.42 Å². The van der Waals surface area contributed by atoms with E-state index < -0.39 is 10.0 Å². The van der Waals surface area contributed by atoms with E-state index in [0.29, 0.717) is 25.3 Å². The molecular weight excluding hydrogens is 390 g/mol. The zero-order valence-electron chi connectivity index (χ0n) is 17.2. The van der Waals surface area contributed by atoms with Gasteiger partial charge in [0, 0.05) is 44.0 Å². The molecule has 1 atom stereocenters. The summed E-state index contributed by atoms with van der Waals surface area (Å²) in [5.41, 5.74) is 2.69. The Labute approximate surface area is 172 Å². The summed E-state index contributed by atoms with van der Waals surface area (Å²) in [6.07, 6.45) is 0. The minimum atomic E-state index is -3.78. The summed E-state index contributed by atoms with van der Waals surface area (Å²) >= 11 is 0. The Morgan fingerprint density at radius 2 is 1.93 bits per heavy atom. The van der Waals surface area contributed by atoms with E-state index in [-0.39, 0.29) is 22.6 Å². The van der Waals surface area contributed by atoms with Crippen LogP contribution in [0.2, 0.25) is 0 Å². The number of hydrogen-bond acceptors (Lipinski definition) is 5. The van der Waals surface area contributed by atoms with Crippen LogP contribution in [-0.2, 0) is 14.8 Å². The molecule has 8 heteroatoms. The van der Waals surface area contributed by atoms with Gasteiger partial charge in [0.1, 0.15) is 10.6 Å². The quantitative estimate of drug-likeness (QED) is 0.809. The van der Waals surface area contributed by atoms with Gasteiger partial charge in [-0.3, -0.25) is 4.79 Å². The topological polar surface area (TPSA) is 78.9 Å². The van der Waals surface area contributed by atoms with Crippen LogP contribution in [0.4, 0.5) is 11.4 Å². The summed E-state index contributed by atoms with van der Waals surface area (Å²) in [4.78, 5) is 13.6. The van der Waals surface area contributed by atoms with Crippen LogP contribution in [0, 0.1) is 6.92 Å². The van der Waals surface area contributed by atoms with Crippen molar-refractivity contribution in [1.29, 1.82) is 0 Å². The monoisotopic (exact) mass is 417 g/mol. The first-order valence-corrected chi connectivity index (χ1v) is 11.0. The lowest BCUT2D eigenvalue weighted by Gasteiger charge is -2.40. The number of benzene rings is 2. The molecule has 1 amide bonds. The third-order valence-corrected chi connectivity index (χ3v) is 6.91. The summed E-state index contributed by atoms with van der Waals surface area (Å²) in [6.45, 7) is 6.78. The molecule has 1 aliphatic heterocycles. The van der Waals surface area contributed by atoms with E-state index in [0.717, 1.165) is 5.69 Å².